The molecule has 1 amide bonds. The van der Waals surface area contributed by atoms with E-state index in [2.05, 4.69) is 17.2 Å². The minimum atomic E-state index is -0.551. The van der Waals surface area contributed by atoms with E-state index in [1.54, 1.807) is 7.11 Å². The van der Waals surface area contributed by atoms with Gasteiger partial charge in [0.2, 0.25) is 0 Å². The summed E-state index contributed by atoms with van der Waals surface area (Å²) in [5.41, 5.74) is 11.6. The van der Waals surface area contributed by atoms with E-state index in [1.807, 2.05) is 0 Å². The summed E-state index contributed by atoms with van der Waals surface area (Å²) in [5.74, 6) is -0.0998. The second-order valence-corrected chi connectivity index (χ2v) is 4.11. The Kier molecular flexibility index (Phi) is 5.38. The lowest BCUT2D eigenvalue weighted by atomic mass is 10.1. The Labute approximate surface area is 107 Å². The van der Waals surface area contributed by atoms with Gasteiger partial charge in [0.1, 0.15) is 5.82 Å². The number of nitrogens with two attached hydrogens (primary N) is 2. The molecule has 0 radical (unpaired) electrons. The number of aromatic nitrogens is 1. The second kappa shape index (κ2) is 6.80. The van der Waals surface area contributed by atoms with E-state index in [0.29, 0.717) is 23.7 Å². The van der Waals surface area contributed by atoms with Gasteiger partial charge in [0.15, 0.2) is 0 Å². The highest BCUT2D eigenvalue weighted by atomic mass is 16.5. The number of amides is 1. The normalized spacial score (nSPS) is 12.1. The van der Waals surface area contributed by atoms with Crippen LogP contribution in [0.25, 0.3) is 0 Å². The zero-order chi connectivity index (χ0) is 13.5. The number of primary amides is 1. The monoisotopic (exact) mass is 252 g/mol. The lowest BCUT2D eigenvalue weighted by molar-refractivity contribution is 0.100. The molecule has 0 aliphatic carbocycles. The molecule has 0 aliphatic heterocycles. The summed E-state index contributed by atoms with van der Waals surface area (Å²) in [4.78, 5) is 15.4. The first kappa shape index (κ1) is 14.2. The predicted octanol–water partition coefficient (Wildman–Crippen LogP) is 0.990. The molecular weight excluding hydrogens is 232 g/mol. The third-order valence-electron chi connectivity index (χ3n) is 2.52. The van der Waals surface area contributed by atoms with Gasteiger partial charge in [-0.25, -0.2) is 4.98 Å². The van der Waals surface area contributed by atoms with Crippen molar-refractivity contribution in [2.24, 2.45) is 5.73 Å². The number of ether oxygens (including phenoxy) is 1. The van der Waals surface area contributed by atoms with E-state index in [4.69, 9.17) is 16.2 Å². The molecule has 0 spiro atoms. The van der Waals surface area contributed by atoms with Crippen LogP contribution in [0.2, 0.25) is 0 Å². The van der Waals surface area contributed by atoms with Crippen molar-refractivity contribution in [3.8, 4) is 0 Å². The average Bonchev–Trinajstić information content (AvgIpc) is 2.32. The van der Waals surface area contributed by atoms with Crippen molar-refractivity contribution >= 4 is 17.4 Å². The van der Waals surface area contributed by atoms with E-state index in [0.717, 1.165) is 12.8 Å². The van der Waals surface area contributed by atoms with Crippen LogP contribution in [0.3, 0.4) is 0 Å². The number of carbonyl (C=O) groups excluding carboxylic acids is 1. The van der Waals surface area contributed by atoms with Gasteiger partial charge in [-0.3, -0.25) is 4.79 Å². The standard InChI is InChI=1S/C12H20N4O2/c1-3-4-9(7-18-2)16-12-10(11(14)17)5-8(13)6-15-12/h5-6,9H,3-4,7,13H2,1-2H3,(H2,14,17)(H,15,16). The van der Waals surface area contributed by atoms with Crippen LogP contribution in [0, 0.1) is 0 Å². The van der Waals surface area contributed by atoms with Crippen molar-refractivity contribution in [3.63, 3.8) is 0 Å². The maximum atomic E-state index is 11.3. The SMILES string of the molecule is CCCC(COC)Nc1ncc(N)cc1C(N)=O. The van der Waals surface area contributed by atoms with Crippen LogP contribution in [0.5, 0.6) is 0 Å². The summed E-state index contributed by atoms with van der Waals surface area (Å²) >= 11 is 0. The number of methoxy groups -OCH3 is 1. The number of rotatable bonds is 7. The minimum Gasteiger partial charge on any atom is -0.397 e. The zero-order valence-electron chi connectivity index (χ0n) is 10.8. The van der Waals surface area contributed by atoms with Crippen molar-refractivity contribution in [2.45, 2.75) is 25.8 Å². The molecule has 0 fully saturated rings. The molecular formula is C12H20N4O2. The molecule has 1 rings (SSSR count). The van der Waals surface area contributed by atoms with Gasteiger partial charge in [0.25, 0.3) is 5.91 Å². The van der Waals surface area contributed by atoms with Crippen LogP contribution in [-0.4, -0.2) is 30.6 Å². The van der Waals surface area contributed by atoms with Gasteiger partial charge in [0.05, 0.1) is 30.1 Å². The van der Waals surface area contributed by atoms with Crippen LogP contribution in [-0.2, 0) is 4.74 Å². The molecule has 1 unspecified atom stereocenters. The molecule has 5 N–H and O–H groups in total. The first-order chi connectivity index (χ1) is 8.58. The summed E-state index contributed by atoms with van der Waals surface area (Å²) < 4.78 is 5.12. The van der Waals surface area contributed by atoms with Gasteiger partial charge in [-0.15, -0.1) is 0 Å². The second-order valence-electron chi connectivity index (χ2n) is 4.11. The third kappa shape index (κ3) is 3.89. The molecule has 6 heteroatoms. The molecule has 0 saturated carbocycles. The van der Waals surface area contributed by atoms with Crippen molar-refractivity contribution in [1.82, 2.24) is 4.98 Å². The molecule has 1 aromatic rings. The number of carbonyl (C=O) groups is 1. The van der Waals surface area contributed by atoms with E-state index in [-0.39, 0.29) is 6.04 Å². The largest absolute Gasteiger partial charge is 0.397 e. The predicted molar refractivity (Wildman–Crippen MR) is 71.4 cm³/mol. The highest BCUT2D eigenvalue weighted by Gasteiger charge is 2.14. The summed E-state index contributed by atoms with van der Waals surface area (Å²) in [6.07, 6.45) is 3.41. The Morgan fingerprint density at radius 1 is 1.61 bits per heavy atom. The summed E-state index contributed by atoms with van der Waals surface area (Å²) in [5, 5.41) is 3.17. The van der Waals surface area contributed by atoms with Gasteiger partial charge >= 0.3 is 0 Å². The van der Waals surface area contributed by atoms with Gasteiger partial charge in [0, 0.05) is 7.11 Å². The number of hydrogen-bond acceptors (Lipinski definition) is 5. The van der Waals surface area contributed by atoms with Crippen LogP contribution in [0.1, 0.15) is 30.1 Å². The molecule has 6 nitrogen and oxygen atoms in total. The van der Waals surface area contributed by atoms with Crippen molar-refractivity contribution in [2.75, 3.05) is 24.8 Å². The molecule has 0 aliphatic rings. The van der Waals surface area contributed by atoms with Crippen molar-refractivity contribution in [1.29, 1.82) is 0 Å². The first-order valence-corrected chi connectivity index (χ1v) is 5.89. The van der Waals surface area contributed by atoms with E-state index in [9.17, 15) is 4.79 Å². The quantitative estimate of drug-likeness (QED) is 0.671. The van der Waals surface area contributed by atoms with Crippen LogP contribution in [0.15, 0.2) is 12.3 Å². The lowest BCUT2D eigenvalue weighted by Crippen LogP contribution is -2.27. The maximum Gasteiger partial charge on any atom is 0.252 e. The summed E-state index contributed by atoms with van der Waals surface area (Å²) in [6.45, 7) is 2.62. The van der Waals surface area contributed by atoms with E-state index < -0.39 is 5.91 Å². The topological polar surface area (TPSA) is 103 Å². The maximum absolute atomic E-state index is 11.3. The fraction of sp³-hybridized carbons (Fsp3) is 0.500. The molecule has 1 heterocycles. The van der Waals surface area contributed by atoms with Gasteiger partial charge in [-0.05, 0) is 12.5 Å². The number of nitrogens with one attached hydrogen (secondary N) is 1. The fourth-order valence-electron chi connectivity index (χ4n) is 1.72. The third-order valence-corrected chi connectivity index (χ3v) is 2.52. The first-order valence-electron chi connectivity index (χ1n) is 5.89. The molecule has 0 bridgehead atoms. The van der Waals surface area contributed by atoms with Crippen LogP contribution < -0.4 is 16.8 Å². The zero-order valence-corrected chi connectivity index (χ0v) is 10.8. The highest BCUT2D eigenvalue weighted by molar-refractivity contribution is 5.98. The van der Waals surface area contributed by atoms with Crippen molar-refractivity contribution < 1.29 is 9.53 Å². The van der Waals surface area contributed by atoms with Gasteiger partial charge in [-0.1, -0.05) is 13.3 Å². The minimum absolute atomic E-state index is 0.0919. The number of hydrogen-bond donors (Lipinski definition) is 3. The number of pyridine rings is 1. The number of nitrogens with zero attached hydrogens (tertiary/aromatic N) is 1. The van der Waals surface area contributed by atoms with Crippen LogP contribution in [0.4, 0.5) is 11.5 Å². The Morgan fingerprint density at radius 3 is 2.89 bits per heavy atom. The molecule has 0 aromatic carbocycles. The molecule has 1 aromatic heterocycles. The lowest BCUT2D eigenvalue weighted by Gasteiger charge is -2.19. The molecule has 100 valence electrons. The van der Waals surface area contributed by atoms with Gasteiger partial charge in [-0.2, -0.15) is 0 Å². The number of nitrogen functional groups attached to an aromatic ring is 1. The summed E-state index contributed by atoms with van der Waals surface area (Å²) in [7, 11) is 1.63. The van der Waals surface area contributed by atoms with Crippen LogP contribution >= 0.6 is 0 Å². The molecule has 1 atom stereocenters. The van der Waals surface area contributed by atoms with E-state index >= 15 is 0 Å². The van der Waals surface area contributed by atoms with E-state index in [1.165, 1.54) is 12.3 Å². The smallest absolute Gasteiger partial charge is 0.252 e. The Hall–Kier alpha value is -1.82. The Balaban J connectivity index is 2.90. The molecule has 0 saturated heterocycles. The fourth-order valence-corrected chi connectivity index (χ4v) is 1.72. The Bertz CT molecular complexity index is 403. The summed E-state index contributed by atoms with van der Waals surface area (Å²) in [6, 6.07) is 1.61. The average molecular weight is 252 g/mol. The number of anilines is 2. The van der Waals surface area contributed by atoms with Crippen molar-refractivity contribution in [3.05, 3.63) is 17.8 Å². The highest BCUT2D eigenvalue weighted by Crippen LogP contribution is 2.17. The Morgan fingerprint density at radius 2 is 2.33 bits per heavy atom. The van der Waals surface area contributed by atoms with Gasteiger partial charge < -0.3 is 21.5 Å². The molecule has 18 heavy (non-hydrogen) atoms.